The number of aromatic amines is 1. The van der Waals surface area contributed by atoms with E-state index < -0.39 is 16.0 Å². The van der Waals surface area contributed by atoms with Gasteiger partial charge in [-0.2, -0.15) is 0 Å². The summed E-state index contributed by atoms with van der Waals surface area (Å²) in [6.45, 7) is 3.46. The van der Waals surface area contributed by atoms with Crippen LogP contribution in [-0.4, -0.2) is 61.8 Å². The minimum Gasteiger partial charge on any atom is -0.379 e. The van der Waals surface area contributed by atoms with Gasteiger partial charge in [0.1, 0.15) is 5.52 Å². The Morgan fingerprint density at radius 3 is 2.68 bits per heavy atom. The average Bonchev–Trinajstić information content (AvgIpc) is 3.23. The fraction of sp³-hybridized carbons (Fsp3) is 0.353. The van der Waals surface area contributed by atoms with E-state index in [-0.39, 0.29) is 17.7 Å². The molecule has 2 aromatic heterocycles. The summed E-state index contributed by atoms with van der Waals surface area (Å²) in [4.78, 5) is 44.1. The van der Waals surface area contributed by atoms with Crippen LogP contribution in [0, 0.1) is 10.1 Å². The molecule has 146 valence electrons. The third-order valence-corrected chi connectivity index (χ3v) is 4.79. The zero-order valence-corrected chi connectivity index (χ0v) is 14.9. The predicted molar refractivity (Wildman–Crippen MR) is 99.9 cm³/mol. The second-order valence-electron chi connectivity index (χ2n) is 6.45. The normalized spacial score (nSPS) is 15.1. The first-order chi connectivity index (χ1) is 13.5. The molecule has 0 spiro atoms. The summed E-state index contributed by atoms with van der Waals surface area (Å²) in [5.74, 6) is 0. The molecule has 1 N–H and O–H groups in total. The number of non-ortho nitro benzene ring substituents is 1. The maximum atomic E-state index is 12.5. The minimum absolute atomic E-state index is 0.0282. The Hall–Kier alpha value is -3.31. The smallest absolute Gasteiger partial charge is 0.316 e. The maximum absolute atomic E-state index is 12.5. The molecule has 0 unspecified atom stereocenters. The number of morpholine rings is 1. The lowest BCUT2D eigenvalue weighted by atomic mass is 10.2. The van der Waals surface area contributed by atoms with Crippen LogP contribution in [0.2, 0.25) is 0 Å². The molecule has 0 atom stereocenters. The van der Waals surface area contributed by atoms with E-state index in [0.717, 1.165) is 13.1 Å². The molecule has 0 amide bonds. The molecular weight excluding hydrogens is 368 g/mol. The minimum atomic E-state index is -0.882. The van der Waals surface area contributed by atoms with Crippen molar-refractivity contribution >= 4 is 16.7 Å². The molecule has 1 aromatic carbocycles. The fourth-order valence-electron chi connectivity index (χ4n) is 3.33. The highest BCUT2D eigenvalue weighted by Gasteiger charge is 2.20. The number of H-pyrrole nitrogens is 1. The Morgan fingerprint density at radius 1 is 1.21 bits per heavy atom. The first-order valence-corrected chi connectivity index (χ1v) is 8.78. The molecule has 1 fully saturated rings. The van der Waals surface area contributed by atoms with Gasteiger partial charge in [0.25, 0.3) is 5.69 Å². The van der Waals surface area contributed by atoms with Gasteiger partial charge in [-0.3, -0.25) is 24.6 Å². The van der Waals surface area contributed by atoms with Crippen LogP contribution in [0.15, 0.2) is 40.4 Å². The molecular formula is C17H18N6O5. The van der Waals surface area contributed by atoms with Crippen LogP contribution in [0.3, 0.4) is 0 Å². The molecule has 1 aliphatic heterocycles. The number of nitrogens with zero attached hydrogens (tertiary/aromatic N) is 5. The summed E-state index contributed by atoms with van der Waals surface area (Å²) in [6.07, 6.45) is 4.70. The van der Waals surface area contributed by atoms with E-state index >= 15 is 0 Å². The first-order valence-electron chi connectivity index (χ1n) is 8.78. The molecule has 11 nitrogen and oxygen atoms in total. The Balaban J connectivity index is 1.86. The summed E-state index contributed by atoms with van der Waals surface area (Å²) < 4.78 is 8.22. The van der Waals surface area contributed by atoms with E-state index in [1.54, 1.807) is 23.0 Å². The van der Waals surface area contributed by atoms with Gasteiger partial charge in [-0.1, -0.05) is 0 Å². The summed E-state index contributed by atoms with van der Waals surface area (Å²) in [5, 5.41) is 11.6. The van der Waals surface area contributed by atoms with Crippen molar-refractivity contribution in [2.75, 3.05) is 32.8 Å². The lowest BCUT2D eigenvalue weighted by Gasteiger charge is -2.26. The second-order valence-corrected chi connectivity index (χ2v) is 6.45. The van der Waals surface area contributed by atoms with Gasteiger partial charge < -0.3 is 18.9 Å². The largest absolute Gasteiger partial charge is 0.379 e. The van der Waals surface area contributed by atoms with Gasteiger partial charge in [-0.05, 0) is 6.07 Å². The molecule has 3 aromatic rings. The monoisotopic (exact) mass is 386 g/mol. The number of ether oxygens (including phenoxy) is 1. The molecule has 0 aliphatic carbocycles. The van der Waals surface area contributed by atoms with Crippen LogP contribution in [0.4, 0.5) is 5.69 Å². The zero-order valence-electron chi connectivity index (χ0n) is 14.9. The van der Waals surface area contributed by atoms with Crippen LogP contribution >= 0.6 is 0 Å². The predicted octanol–water partition coefficient (Wildman–Crippen LogP) is 0.116. The molecule has 1 aliphatic rings. The molecule has 11 heteroatoms. The zero-order chi connectivity index (χ0) is 19.7. The average molecular weight is 386 g/mol. The van der Waals surface area contributed by atoms with Crippen LogP contribution in [0.5, 0.6) is 0 Å². The quantitative estimate of drug-likeness (QED) is 0.374. The number of rotatable bonds is 5. The van der Waals surface area contributed by atoms with E-state index in [0.29, 0.717) is 31.0 Å². The van der Waals surface area contributed by atoms with E-state index in [1.807, 2.05) is 0 Å². The van der Waals surface area contributed by atoms with Gasteiger partial charge >= 0.3 is 11.1 Å². The number of hydrogen-bond acceptors (Lipinski definition) is 7. The molecule has 0 saturated carbocycles. The standard InChI is InChI=1S/C17H18N6O5/c24-16-17(25)22(4-3-20-5-7-28-8-6-20)13-9-12(21-2-1-18-11-21)10-14(23(26)27)15(13)19-16/h1-2,9-11H,3-8H2,(H,19,24). The maximum Gasteiger partial charge on any atom is 0.316 e. The first kappa shape index (κ1) is 18.1. The van der Waals surface area contributed by atoms with Gasteiger partial charge in [0, 0.05) is 44.6 Å². The molecule has 3 heterocycles. The van der Waals surface area contributed by atoms with Crippen molar-refractivity contribution in [3.8, 4) is 5.69 Å². The topological polar surface area (TPSA) is 128 Å². The number of fused-ring (bicyclic) bond motifs is 1. The van der Waals surface area contributed by atoms with Crippen LogP contribution < -0.4 is 11.1 Å². The Kier molecular flexibility index (Phi) is 4.75. The highest BCUT2D eigenvalue weighted by Crippen LogP contribution is 2.26. The number of benzene rings is 1. The van der Waals surface area contributed by atoms with Gasteiger partial charge in [0.05, 0.1) is 35.7 Å². The number of nitro benzene ring substituents is 1. The number of nitro groups is 1. The van der Waals surface area contributed by atoms with E-state index in [2.05, 4.69) is 14.9 Å². The van der Waals surface area contributed by atoms with Crippen LogP contribution in [-0.2, 0) is 11.3 Å². The van der Waals surface area contributed by atoms with Crippen molar-refractivity contribution in [1.82, 2.24) is 24.0 Å². The van der Waals surface area contributed by atoms with Gasteiger partial charge in [0.2, 0.25) is 0 Å². The Morgan fingerprint density at radius 2 is 2.00 bits per heavy atom. The van der Waals surface area contributed by atoms with Gasteiger partial charge in [0.15, 0.2) is 0 Å². The second kappa shape index (κ2) is 7.37. The Labute approximate surface area is 157 Å². The lowest BCUT2D eigenvalue weighted by molar-refractivity contribution is -0.383. The number of aromatic nitrogens is 4. The fourth-order valence-corrected chi connectivity index (χ4v) is 3.33. The summed E-state index contributed by atoms with van der Waals surface area (Å²) in [7, 11) is 0. The van der Waals surface area contributed by atoms with Crippen molar-refractivity contribution in [3.63, 3.8) is 0 Å². The molecule has 0 radical (unpaired) electrons. The van der Waals surface area contributed by atoms with Crippen molar-refractivity contribution < 1.29 is 9.66 Å². The van der Waals surface area contributed by atoms with Crippen molar-refractivity contribution in [3.05, 3.63) is 61.7 Å². The van der Waals surface area contributed by atoms with Crippen molar-refractivity contribution in [2.45, 2.75) is 6.54 Å². The summed E-state index contributed by atoms with van der Waals surface area (Å²) in [6, 6.07) is 2.98. The van der Waals surface area contributed by atoms with E-state index in [4.69, 9.17) is 4.74 Å². The van der Waals surface area contributed by atoms with Gasteiger partial charge in [-0.15, -0.1) is 0 Å². The van der Waals surface area contributed by atoms with E-state index in [1.165, 1.54) is 17.0 Å². The third-order valence-electron chi connectivity index (χ3n) is 4.79. The lowest BCUT2D eigenvalue weighted by Crippen LogP contribution is -2.42. The SMILES string of the molecule is O=c1[nH]c2c([N+](=O)[O-])cc(-n3ccnc3)cc2n(CCN2CCOCC2)c1=O. The summed E-state index contributed by atoms with van der Waals surface area (Å²) >= 11 is 0. The van der Waals surface area contributed by atoms with Gasteiger partial charge in [-0.25, -0.2) is 4.98 Å². The van der Waals surface area contributed by atoms with Crippen LogP contribution in [0.1, 0.15) is 0 Å². The molecule has 1 saturated heterocycles. The molecule has 0 bridgehead atoms. The van der Waals surface area contributed by atoms with Crippen molar-refractivity contribution in [1.29, 1.82) is 0 Å². The Bertz CT molecular complexity index is 1130. The number of hydrogen-bond donors (Lipinski definition) is 1. The highest BCUT2D eigenvalue weighted by atomic mass is 16.6. The molecule has 4 rings (SSSR count). The third kappa shape index (κ3) is 3.32. The number of imidazole rings is 1. The van der Waals surface area contributed by atoms with Crippen molar-refractivity contribution in [2.24, 2.45) is 0 Å². The highest BCUT2D eigenvalue weighted by molar-refractivity contribution is 5.86. The summed E-state index contributed by atoms with van der Waals surface area (Å²) in [5.41, 5.74) is -1.09. The number of nitrogens with one attached hydrogen (secondary N) is 1. The van der Waals surface area contributed by atoms with Crippen LogP contribution in [0.25, 0.3) is 16.7 Å². The van der Waals surface area contributed by atoms with E-state index in [9.17, 15) is 19.7 Å². The molecule has 28 heavy (non-hydrogen) atoms.